The summed E-state index contributed by atoms with van der Waals surface area (Å²) >= 11 is 0. The number of ether oxygens (including phenoxy) is 1. The Kier molecular flexibility index (Phi) is 6.11. The Hall–Kier alpha value is -2.70. The molecular weight excluding hydrogens is 360 g/mol. The third-order valence-electron chi connectivity index (χ3n) is 5.44. The number of carbonyl (C=O) groups is 4. The fraction of sp³-hybridized carbons (Fsp3) is 0.524. The number of benzene rings is 1. The van der Waals surface area contributed by atoms with Crippen LogP contribution in [0.3, 0.4) is 0 Å². The highest BCUT2D eigenvalue weighted by Crippen LogP contribution is 2.24. The number of piperidine rings is 1. The molecule has 150 valence electrons. The number of esters is 1. The standard InChI is InChI=1S/C21H26N2O5/c1-3-15-6-4-5-10-22(15)18(24)13-28-19(25)9-11-23-20(26)16-8-7-14(2)12-17(16)21(23)27/h7-8,12,15H,3-6,9-11,13H2,1-2H3. The summed E-state index contributed by atoms with van der Waals surface area (Å²) in [6.07, 6.45) is 3.82. The first-order chi connectivity index (χ1) is 13.4. The van der Waals surface area contributed by atoms with Gasteiger partial charge < -0.3 is 9.64 Å². The highest BCUT2D eigenvalue weighted by Gasteiger charge is 2.35. The minimum absolute atomic E-state index is 0.0558. The maximum absolute atomic E-state index is 12.4. The van der Waals surface area contributed by atoms with Gasteiger partial charge in [0.1, 0.15) is 0 Å². The molecule has 0 aromatic heterocycles. The third kappa shape index (κ3) is 4.08. The maximum Gasteiger partial charge on any atom is 0.308 e. The largest absolute Gasteiger partial charge is 0.456 e. The van der Waals surface area contributed by atoms with Crippen LogP contribution in [-0.4, -0.2) is 59.2 Å². The molecule has 1 fully saturated rings. The second-order valence-corrected chi connectivity index (χ2v) is 7.37. The van der Waals surface area contributed by atoms with Gasteiger partial charge in [-0.15, -0.1) is 0 Å². The molecule has 3 rings (SSSR count). The van der Waals surface area contributed by atoms with Crippen molar-refractivity contribution in [2.24, 2.45) is 0 Å². The maximum atomic E-state index is 12.4. The summed E-state index contributed by atoms with van der Waals surface area (Å²) in [5.41, 5.74) is 1.61. The van der Waals surface area contributed by atoms with Crippen LogP contribution in [0.15, 0.2) is 18.2 Å². The minimum atomic E-state index is -0.592. The van der Waals surface area contributed by atoms with Gasteiger partial charge in [0.15, 0.2) is 6.61 Å². The van der Waals surface area contributed by atoms with Crippen LogP contribution < -0.4 is 0 Å². The van der Waals surface area contributed by atoms with Crippen molar-refractivity contribution in [2.75, 3.05) is 19.7 Å². The van der Waals surface area contributed by atoms with Crippen molar-refractivity contribution in [2.45, 2.75) is 52.0 Å². The predicted octanol–water partition coefficient (Wildman–Crippen LogP) is 2.32. The van der Waals surface area contributed by atoms with Gasteiger partial charge in [0.05, 0.1) is 17.5 Å². The zero-order valence-corrected chi connectivity index (χ0v) is 16.4. The Bertz CT molecular complexity index is 804. The van der Waals surface area contributed by atoms with Gasteiger partial charge in [0.2, 0.25) is 0 Å². The normalized spacial score (nSPS) is 19.0. The van der Waals surface area contributed by atoms with Crippen molar-refractivity contribution in [3.63, 3.8) is 0 Å². The lowest BCUT2D eigenvalue weighted by Crippen LogP contribution is -2.45. The average Bonchev–Trinajstić information content (AvgIpc) is 2.94. The molecule has 28 heavy (non-hydrogen) atoms. The molecule has 2 heterocycles. The molecule has 0 bridgehead atoms. The van der Waals surface area contributed by atoms with Crippen LogP contribution in [0.2, 0.25) is 0 Å². The molecule has 1 aromatic rings. The number of hydrogen-bond donors (Lipinski definition) is 0. The van der Waals surface area contributed by atoms with Crippen molar-refractivity contribution in [1.82, 2.24) is 9.80 Å². The SMILES string of the molecule is CCC1CCCCN1C(=O)COC(=O)CCN1C(=O)c2ccc(C)cc2C1=O. The number of aryl methyl sites for hydroxylation is 1. The van der Waals surface area contributed by atoms with E-state index in [0.29, 0.717) is 17.7 Å². The minimum Gasteiger partial charge on any atom is -0.456 e. The van der Waals surface area contributed by atoms with Crippen LogP contribution in [0.25, 0.3) is 0 Å². The number of fused-ring (bicyclic) bond motifs is 1. The fourth-order valence-electron chi connectivity index (χ4n) is 3.86. The molecule has 7 heteroatoms. The number of rotatable bonds is 6. The topological polar surface area (TPSA) is 84.0 Å². The molecule has 1 saturated heterocycles. The summed E-state index contributed by atoms with van der Waals surface area (Å²) in [6, 6.07) is 5.29. The smallest absolute Gasteiger partial charge is 0.308 e. The molecular formula is C21H26N2O5. The summed E-state index contributed by atoms with van der Waals surface area (Å²) in [7, 11) is 0. The van der Waals surface area contributed by atoms with E-state index in [2.05, 4.69) is 0 Å². The van der Waals surface area contributed by atoms with E-state index in [1.165, 1.54) is 0 Å². The number of amides is 3. The molecule has 3 amide bonds. The summed E-state index contributed by atoms with van der Waals surface area (Å²) < 4.78 is 5.10. The summed E-state index contributed by atoms with van der Waals surface area (Å²) in [5, 5.41) is 0. The molecule has 0 aliphatic carbocycles. The fourth-order valence-corrected chi connectivity index (χ4v) is 3.86. The number of likely N-dealkylation sites (tertiary alicyclic amines) is 1. The Morgan fingerprint density at radius 3 is 2.64 bits per heavy atom. The van der Waals surface area contributed by atoms with Gasteiger partial charge >= 0.3 is 5.97 Å². The molecule has 0 spiro atoms. The molecule has 2 aliphatic heterocycles. The zero-order chi connectivity index (χ0) is 20.3. The van der Waals surface area contributed by atoms with E-state index in [1.807, 2.05) is 13.8 Å². The second kappa shape index (κ2) is 8.54. The lowest BCUT2D eigenvalue weighted by molar-refractivity contribution is -0.153. The monoisotopic (exact) mass is 386 g/mol. The molecule has 7 nitrogen and oxygen atoms in total. The second-order valence-electron chi connectivity index (χ2n) is 7.37. The number of nitrogens with zero attached hydrogens (tertiary/aromatic N) is 2. The lowest BCUT2D eigenvalue weighted by atomic mass is 10.00. The van der Waals surface area contributed by atoms with Crippen LogP contribution >= 0.6 is 0 Å². The lowest BCUT2D eigenvalue weighted by Gasteiger charge is -2.35. The van der Waals surface area contributed by atoms with E-state index in [0.717, 1.165) is 36.1 Å². The van der Waals surface area contributed by atoms with E-state index in [1.54, 1.807) is 23.1 Å². The van der Waals surface area contributed by atoms with Gasteiger partial charge in [-0.05, 0) is 44.7 Å². The highest BCUT2D eigenvalue weighted by atomic mass is 16.5. The Morgan fingerprint density at radius 2 is 1.89 bits per heavy atom. The van der Waals surface area contributed by atoms with Crippen molar-refractivity contribution in [1.29, 1.82) is 0 Å². The average molecular weight is 386 g/mol. The van der Waals surface area contributed by atoms with Gasteiger partial charge in [0, 0.05) is 19.1 Å². The van der Waals surface area contributed by atoms with Crippen LogP contribution in [-0.2, 0) is 14.3 Å². The number of hydrogen-bond acceptors (Lipinski definition) is 5. The van der Waals surface area contributed by atoms with Crippen LogP contribution in [0, 0.1) is 6.92 Å². The van der Waals surface area contributed by atoms with Crippen molar-refractivity contribution in [3.05, 3.63) is 34.9 Å². The van der Waals surface area contributed by atoms with E-state index < -0.39 is 17.8 Å². The zero-order valence-electron chi connectivity index (χ0n) is 16.4. The summed E-state index contributed by atoms with van der Waals surface area (Å²) in [5.74, 6) is -1.57. The van der Waals surface area contributed by atoms with E-state index in [9.17, 15) is 19.2 Å². The summed E-state index contributed by atoms with van der Waals surface area (Å²) in [6.45, 7) is 4.24. The number of imide groups is 1. The first-order valence-corrected chi connectivity index (χ1v) is 9.84. The van der Waals surface area contributed by atoms with Gasteiger partial charge in [-0.3, -0.25) is 24.1 Å². The third-order valence-corrected chi connectivity index (χ3v) is 5.44. The van der Waals surface area contributed by atoms with Gasteiger partial charge in [-0.25, -0.2) is 0 Å². The van der Waals surface area contributed by atoms with Crippen molar-refractivity contribution < 1.29 is 23.9 Å². The van der Waals surface area contributed by atoms with E-state index in [4.69, 9.17) is 4.74 Å². The summed E-state index contributed by atoms with van der Waals surface area (Å²) in [4.78, 5) is 52.0. The van der Waals surface area contributed by atoms with Crippen LogP contribution in [0.5, 0.6) is 0 Å². The van der Waals surface area contributed by atoms with Gasteiger partial charge in [-0.1, -0.05) is 18.6 Å². The first kappa shape index (κ1) is 20.0. The van der Waals surface area contributed by atoms with Crippen molar-refractivity contribution in [3.8, 4) is 0 Å². The first-order valence-electron chi connectivity index (χ1n) is 9.84. The van der Waals surface area contributed by atoms with Gasteiger partial charge in [-0.2, -0.15) is 0 Å². The molecule has 2 aliphatic rings. The molecule has 0 radical (unpaired) electrons. The Morgan fingerprint density at radius 1 is 1.14 bits per heavy atom. The molecule has 0 N–H and O–H groups in total. The molecule has 1 atom stereocenters. The van der Waals surface area contributed by atoms with Crippen molar-refractivity contribution >= 4 is 23.7 Å². The Balaban J connectivity index is 1.49. The molecule has 1 aromatic carbocycles. The molecule has 1 unspecified atom stereocenters. The van der Waals surface area contributed by atoms with Crippen LogP contribution in [0.4, 0.5) is 0 Å². The van der Waals surface area contributed by atoms with Crippen LogP contribution in [0.1, 0.15) is 65.3 Å². The molecule has 0 saturated carbocycles. The highest BCUT2D eigenvalue weighted by molar-refractivity contribution is 6.21. The van der Waals surface area contributed by atoms with E-state index >= 15 is 0 Å². The van der Waals surface area contributed by atoms with Gasteiger partial charge in [0.25, 0.3) is 17.7 Å². The predicted molar refractivity (Wildman–Crippen MR) is 102 cm³/mol. The number of carbonyl (C=O) groups excluding carboxylic acids is 4. The van der Waals surface area contributed by atoms with E-state index in [-0.39, 0.29) is 31.5 Å². The Labute approximate surface area is 164 Å². The quantitative estimate of drug-likeness (QED) is 0.553.